The van der Waals surface area contributed by atoms with Crippen LogP contribution in [0.3, 0.4) is 0 Å². The first-order chi connectivity index (χ1) is 14.7. The van der Waals surface area contributed by atoms with Crippen molar-refractivity contribution in [3.05, 3.63) is 42.4 Å². The summed E-state index contributed by atoms with van der Waals surface area (Å²) < 4.78 is 20.6. The molecule has 0 aliphatic heterocycles. The highest BCUT2D eigenvalue weighted by Gasteiger charge is 2.34. The molecule has 2 aromatic rings. The summed E-state index contributed by atoms with van der Waals surface area (Å²) in [4.78, 5) is 0. The summed E-state index contributed by atoms with van der Waals surface area (Å²) in [5.74, 6) is 1.67. The van der Waals surface area contributed by atoms with Gasteiger partial charge < -0.3 is 9.47 Å². The Bertz CT molecular complexity index is 801. The van der Waals surface area contributed by atoms with Crippen molar-refractivity contribution in [2.75, 3.05) is 14.2 Å². The maximum Gasteiger partial charge on any atom is 0.130 e. The number of ether oxygens (including phenoxy) is 2. The first kappa shape index (κ1) is 19.4. The molecule has 2 aromatic carbocycles. The molecule has 2 saturated carbocycles. The van der Waals surface area contributed by atoms with E-state index in [1.807, 2.05) is 30.3 Å². The van der Waals surface area contributed by atoms with E-state index >= 15 is 0 Å². The van der Waals surface area contributed by atoms with Gasteiger partial charge in [0.1, 0.15) is 11.5 Å². The van der Waals surface area contributed by atoms with Crippen LogP contribution in [-0.2, 0) is 0 Å². The van der Waals surface area contributed by atoms with Gasteiger partial charge in [-0.25, -0.2) is 0 Å². The molecule has 0 unspecified atom stereocenters. The van der Waals surface area contributed by atoms with Crippen molar-refractivity contribution < 1.29 is 10.8 Å². The number of rotatable bonds is 6. The van der Waals surface area contributed by atoms with Crippen LogP contribution in [0.4, 0.5) is 0 Å². The highest BCUT2D eigenvalue weighted by molar-refractivity contribution is 7.67. The highest BCUT2D eigenvalue weighted by atomic mass is 31.1. The summed E-state index contributed by atoms with van der Waals surface area (Å²) >= 11 is 0. The van der Waals surface area contributed by atoms with E-state index in [4.69, 9.17) is 10.8 Å². The van der Waals surface area contributed by atoms with Gasteiger partial charge in [0, 0.05) is 0 Å². The van der Waals surface area contributed by atoms with Crippen LogP contribution in [-0.4, -0.2) is 25.5 Å². The summed E-state index contributed by atoms with van der Waals surface area (Å²) in [6, 6.07) is 13.0. The maximum atomic E-state index is 9.02. The molecule has 0 radical (unpaired) electrons. The Hall–Kier alpha value is -1.53. The van der Waals surface area contributed by atoms with Crippen LogP contribution in [0.25, 0.3) is 11.1 Å². The van der Waals surface area contributed by atoms with E-state index in [1.165, 1.54) is 75.1 Å². The number of hydrogen-bond acceptors (Lipinski definition) is 2. The molecule has 3 heteroatoms. The fourth-order valence-corrected chi connectivity index (χ4v) is 9.20. The standard InChI is InChI=1S/C26H35O2P/c1-27-23-17-11-18-24(28-2)26(23)22-16-9-10-19-25(22)29(20-12-5-3-6-13-20)21-14-7-4-8-15-21/h9-11,16-21H,3-8,12-15H2,1-2H3/i19D. The second-order valence-corrected chi connectivity index (χ2v) is 11.2. The number of methoxy groups -OCH3 is 2. The van der Waals surface area contributed by atoms with Crippen LogP contribution in [0.2, 0.25) is 0 Å². The van der Waals surface area contributed by atoms with E-state index in [-0.39, 0.29) is 0 Å². The molecule has 29 heavy (non-hydrogen) atoms. The average molecular weight is 412 g/mol. The zero-order valence-electron chi connectivity index (χ0n) is 19.0. The Balaban J connectivity index is 1.88. The second-order valence-electron chi connectivity index (χ2n) is 8.46. The molecule has 156 valence electrons. The molecule has 0 spiro atoms. The molecule has 0 amide bonds. The smallest absolute Gasteiger partial charge is 0.130 e. The summed E-state index contributed by atoms with van der Waals surface area (Å²) in [5, 5.41) is 1.30. The van der Waals surface area contributed by atoms with E-state index in [0.717, 1.165) is 28.4 Å². The largest absolute Gasteiger partial charge is 0.496 e. The van der Waals surface area contributed by atoms with E-state index in [9.17, 15) is 0 Å². The SMILES string of the molecule is [2H]c1cccc(-c2c(OC)cccc2OC)c1P(C1CCCCC1)C1CCCCC1. The molecule has 2 fully saturated rings. The normalized spacial score (nSPS) is 19.2. The van der Waals surface area contributed by atoms with Crippen molar-refractivity contribution >= 4 is 13.2 Å². The summed E-state index contributed by atoms with van der Waals surface area (Å²) in [6.45, 7) is 0. The van der Waals surface area contributed by atoms with Gasteiger partial charge in [0.25, 0.3) is 0 Å². The minimum absolute atomic E-state index is 0.391. The highest BCUT2D eigenvalue weighted by Crippen LogP contribution is 2.57. The molecule has 4 rings (SSSR count). The van der Waals surface area contributed by atoms with Gasteiger partial charge in [0.15, 0.2) is 0 Å². The van der Waals surface area contributed by atoms with E-state index in [0.29, 0.717) is 6.04 Å². The lowest BCUT2D eigenvalue weighted by Crippen LogP contribution is -2.27. The zero-order chi connectivity index (χ0) is 20.9. The summed E-state index contributed by atoms with van der Waals surface area (Å²) in [6.07, 6.45) is 13.5. The number of benzene rings is 2. The van der Waals surface area contributed by atoms with Gasteiger partial charge >= 0.3 is 0 Å². The van der Waals surface area contributed by atoms with E-state index in [2.05, 4.69) is 6.07 Å². The van der Waals surface area contributed by atoms with Crippen LogP contribution in [0.1, 0.15) is 65.6 Å². The Labute approximate surface area is 179 Å². The first-order valence-corrected chi connectivity index (χ1v) is 12.8. The lowest BCUT2D eigenvalue weighted by atomic mass is 9.99. The molecule has 0 atom stereocenters. The minimum atomic E-state index is -0.391. The van der Waals surface area contributed by atoms with Gasteiger partial charge in [-0.2, -0.15) is 0 Å². The molecule has 0 saturated heterocycles. The van der Waals surface area contributed by atoms with Crippen LogP contribution in [0.15, 0.2) is 42.4 Å². The van der Waals surface area contributed by atoms with E-state index < -0.39 is 7.92 Å². The Kier molecular flexibility index (Phi) is 6.69. The molecule has 0 bridgehead atoms. The third kappa shape index (κ3) is 4.48. The van der Waals surface area contributed by atoms with Gasteiger partial charge in [-0.05, 0) is 60.0 Å². The molecular formula is C26H35O2P. The third-order valence-corrected chi connectivity index (χ3v) is 10.2. The van der Waals surface area contributed by atoms with Crippen molar-refractivity contribution in [3.63, 3.8) is 0 Å². The fourth-order valence-electron chi connectivity index (χ4n) is 5.34. The molecule has 2 aliphatic rings. The van der Waals surface area contributed by atoms with Gasteiger partial charge in [-0.3, -0.25) is 0 Å². The van der Waals surface area contributed by atoms with Crippen molar-refractivity contribution in [3.8, 4) is 22.6 Å². The Morgan fingerprint density at radius 2 is 1.31 bits per heavy atom. The van der Waals surface area contributed by atoms with Crippen molar-refractivity contribution in [1.29, 1.82) is 0 Å². The molecule has 0 N–H and O–H groups in total. The lowest BCUT2D eigenvalue weighted by Gasteiger charge is -2.39. The van der Waals surface area contributed by atoms with Crippen LogP contribution in [0, 0.1) is 0 Å². The summed E-state index contributed by atoms with van der Waals surface area (Å²) in [7, 11) is 3.07. The van der Waals surface area contributed by atoms with Crippen LogP contribution < -0.4 is 14.8 Å². The molecule has 2 aliphatic carbocycles. The summed E-state index contributed by atoms with van der Waals surface area (Å²) in [5.41, 5.74) is 3.69. The van der Waals surface area contributed by atoms with Gasteiger partial charge in [0.2, 0.25) is 0 Å². The molecule has 0 aromatic heterocycles. The second kappa shape index (κ2) is 9.98. The van der Waals surface area contributed by atoms with Crippen molar-refractivity contribution in [2.45, 2.75) is 75.5 Å². The quantitative estimate of drug-likeness (QED) is 0.470. The van der Waals surface area contributed by atoms with Crippen LogP contribution in [0.5, 0.6) is 11.5 Å². The number of hydrogen-bond donors (Lipinski definition) is 0. The minimum Gasteiger partial charge on any atom is -0.496 e. The molecular weight excluding hydrogens is 375 g/mol. The van der Waals surface area contributed by atoms with Crippen LogP contribution >= 0.6 is 7.92 Å². The monoisotopic (exact) mass is 411 g/mol. The Morgan fingerprint density at radius 3 is 1.83 bits per heavy atom. The maximum absolute atomic E-state index is 9.02. The predicted octanol–water partition coefficient (Wildman–Crippen LogP) is 7.14. The van der Waals surface area contributed by atoms with Crippen molar-refractivity contribution in [2.24, 2.45) is 0 Å². The first-order valence-electron chi connectivity index (χ1n) is 11.8. The van der Waals surface area contributed by atoms with Crippen molar-refractivity contribution in [1.82, 2.24) is 0 Å². The van der Waals surface area contributed by atoms with Gasteiger partial charge in [-0.15, -0.1) is 0 Å². The lowest BCUT2D eigenvalue weighted by molar-refractivity contribution is 0.397. The predicted molar refractivity (Wildman–Crippen MR) is 125 cm³/mol. The topological polar surface area (TPSA) is 18.5 Å². The molecule has 2 nitrogen and oxygen atoms in total. The third-order valence-electron chi connectivity index (χ3n) is 6.73. The Morgan fingerprint density at radius 1 is 0.759 bits per heavy atom. The van der Waals surface area contributed by atoms with Gasteiger partial charge in [0.05, 0.1) is 21.2 Å². The fraction of sp³-hybridized carbons (Fsp3) is 0.538. The molecule has 0 heterocycles. The van der Waals surface area contributed by atoms with Gasteiger partial charge in [-0.1, -0.05) is 76.8 Å². The zero-order valence-corrected chi connectivity index (χ0v) is 18.8. The van der Waals surface area contributed by atoms with E-state index in [1.54, 1.807) is 14.2 Å². The average Bonchev–Trinajstić information content (AvgIpc) is 2.81.